The molecule has 23 heavy (non-hydrogen) atoms. The topological polar surface area (TPSA) is 92.5 Å². The van der Waals surface area contributed by atoms with Gasteiger partial charge < -0.3 is 14.6 Å². The van der Waals surface area contributed by atoms with Crippen LogP contribution in [0.15, 0.2) is 47.2 Å². The molecule has 1 N–H and O–H groups in total. The number of anilines is 1. The predicted octanol–water partition coefficient (Wildman–Crippen LogP) is 1.51. The third-order valence-corrected chi connectivity index (χ3v) is 2.92. The Morgan fingerprint density at radius 2 is 2.17 bits per heavy atom. The fourth-order valence-electron chi connectivity index (χ4n) is 1.73. The van der Waals surface area contributed by atoms with Crippen LogP contribution in [0.2, 0.25) is 0 Å². The third-order valence-electron chi connectivity index (χ3n) is 2.92. The lowest BCUT2D eigenvalue weighted by molar-refractivity contribution is -0.124. The number of benzene rings is 1. The maximum absolute atomic E-state index is 11.9. The van der Waals surface area contributed by atoms with Crippen LogP contribution in [0.25, 0.3) is 6.08 Å². The van der Waals surface area contributed by atoms with Gasteiger partial charge in [-0.3, -0.25) is 14.4 Å². The number of hydrogen-bond acceptors (Lipinski definition) is 5. The van der Waals surface area contributed by atoms with Crippen molar-refractivity contribution in [1.82, 2.24) is 9.88 Å². The van der Waals surface area contributed by atoms with Gasteiger partial charge in [-0.25, -0.2) is 4.98 Å². The van der Waals surface area contributed by atoms with Crippen molar-refractivity contribution >= 4 is 29.9 Å². The molecule has 0 saturated carbocycles. The molecule has 0 saturated heterocycles. The Balaban J connectivity index is 2.13. The van der Waals surface area contributed by atoms with Crippen molar-refractivity contribution in [3.8, 4) is 0 Å². The molecular weight excluding hydrogens is 298 g/mol. The highest BCUT2D eigenvalue weighted by molar-refractivity contribution is 6.02. The van der Waals surface area contributed by atoms with Crippen LogP contribution in [-0.2, 0) is 9.59 Å². The molecule has 2 rings (SSSR count). The number of carbonyl (C=O) groups excluding carboxylic acids is 3. The molecule has 0 aliphatic rings. The summed E-state index contributed by atoms with van der Waals surface area (Å²) in [5, 5.41) is 2.66. The van der Waals surface area contributed by atoms with Crippen molar-refractivity contribution in [3.63, 3.8) is 0 Å². The molecule has 1 heterocycles. The second-order valence-electron chi connectivity index (χ2n) is 4.55. The average molecular weight is 312 g/mol. The predicted molar refractivity (Wildman–Crippen MR) is 83.3 cm³/mol. The number of nitrogens with one attached hydrogen (secondary N) is 1. The molecule has 0 aliphatic heterocycles. The third kappa shape index (κ3) is 4.37. The van der Waals surface area contributed by atoms with Crippen molar-refractivity contribution in [3.05, 3.63) is 54.3 Å². The summed E-state index contributed by atoms with van der Waals surface area (Å²) >= 11 is 0. The average Bonchev–Trinajstić information content (AvgIpc) is 3.08. The van der Waals surface area contributed by atoms with Gasteiger partial charge in [0.2, 0.25) is 12.2 Å². The number of oxazole rings is 1. The number of likely N-dealkylation sites (N-methyl/N-ethyl adjacent to an activating group) is 1. The Morgan fingerprint density at radius 3 is 2.87 bits per heavy atom. The van der Waals surface area contributed by atoms with Gasteiger partial charge in [-0.1, -0.05) is 18.2 Å². The zero-order chi connectivity index (χ0) is 16.7. The minimum Gasteiger partial charge on any atom is -0.441 e. The number of aromatic nitrogens is 1. The lowest BCUT2D eigenvalue weighted by Crippen LogP contribution is -2.26. The van der Waals surface area contributed by atoms with Gasteiger partial charge in [-0.05, 0) is 17.7 Å². The fourth-order valence-corrected chi connectivity index (χ4v) is 1.73. The SMILES string of the molecule is CN(C[C]=O)C(=O)/C=C/c1ccccc1NC(=O)c1ncco1. The molecular formula is C16H14N3O4. The fraction of sp³-hybridized carbons (Fsp3) is 0.125. The van der Waals surface area contributed by atoms with E-state index in [2.05, 4.69) is 10.3 Å². The van der Waals surface area contributed by atoms with Crippen LogP contribution < -0.4 is 5.32 Å². The largest absolute Gasteiger partial charge is 0.441 e. The molecule has 7 heteroatoms. The van der Waals surface area contributed by atoms with E-state index in [1.165, 1.54) is 30.5 Å². The number of rotatable bonds is 6. The summed E-state index contributed by atoms with van der Waals surface area (Å²) in [6.07, 6.45) is 7.19. The van der Waals surface area contributed by atoms with E-state index in [1.54, 1.807) is 36.6 Å². The number of hydrogen-bond donors (Lipinski definition) is 1. The molecule has 1 aromatic heterocycles. The summed E-state index contributed by atoms with van der Waals surface area (Å²) in [5.41, 5.74) is 1.13. The zero-order valence-corrected chi connectivity index (χ0v) is 12.4. The summed E-state index contributed by atoms with van der Waals surface area (Å²) in [5.74, 6) is -0.891. The minimum atomic E-state index is -0.491. The monoisotopic (exact) mass is 312 g/mol. The van der Waals surface area contributed by atoms with Gasteiger partial charge in [0.05, 0.1) is 12.7 Å². The van der Waals surface area contributed by atoms with E-state index in [-0.39, 0.29) is 18.3 Å². The van der Waals surface area contributed by atoms with Crippen molar-refractivity contribution in [2.75, 3.05) is 18.9 Å². The maximum atomic E-state index is 11.9. The maximum Gasteiger partial charge on any atom is 0.311 e. The van der Waals surface area contributed by atoms with E-state index >= 15 is 0 Å². The normalized spacial score (nSPS) is 10.5. The van der Waals surface area contributed by atoms with Crippen LogP contribution in [-0.4, -0.2) is 41.6 Å². The highest BCUT2D eigenvalue weighted by atomic mass is 16.3. The van der Waals surface area contributed by atoms with Crippen molar-refractivity contribution < 1.29 is 18.8 Å². The van der Waals surface area contributed by atoms with Crippen LogP contribution in [0, 0.1) is 0 Å². The van der Waals surface area contributed by atoms with Crippen LogP contribution in [0.1, 0.15) is 16.2 Å². The molecule has 1 radical (unpaired) electrons. The molecule has 2 amide bonds. The first kappa shape index (κ1) is 16.2. The number of carbonyl (C=O) groups is 2. The first-order valence-electron chi connectivity index (χ1n) is 6.70. The molecule has 0 bridgehead atoms. The van der Waals surface area contributed by atoms with Gasteiger partial charge in [0, 0.05) is 18.8 Å². The first-order valence-corrected chi connectivity index (χ1v) is 6.70. The standard InChI is InChI=1S/C16H14N3O4/c1-19(9-10-20)14(21)7-6-12-4-2-3-5-13(12)18-15(22)16-17-8-11-23-16/h2-8,11H,9H2,1H3,(H,18,22)/b7-6+. The van der Waals surface area contributed by atoms with Gasteiger partial charge in [-0.2, -0.15) is 0 Å². The zero-order valence-electron chi connectivity index (χ0n) is 12.4. The van der Waals surface area contributed by atoms with E-state index < -0.39 is 5.91 Å². The summed E-state index contributed by atoms with van der Waals surface area (Å²) in [4.78, 5) is 39.0. The van der Waals surface area contributed by atoms with E-state index in [9.17, 15) is 14.4 Å². The van der Waals surface area contributed by atoms with Gasteiger partial charge in [0.15, 0.2) is 0 Å². The van der Waals surface area contributed by atoms with Gasteiger partial charge in [-0.15, -0.1) is 0 Å². The molecule has 0 fully saturated rings. The second kappa shape index (κ2) is 7.69. The van der Waals surface area contributed by atoms with Gasteiger partial charge in [0.25, 0.3) is 5.89 Å². The first-order chi connectivity index (χ1) is 11.1. The molecule has 0 unspecified atom stereocenters. The molecule has 1 aromatic carbocycles. The Kier molecular flexibility index (Phi) is 5.40. The highest BCUT2D eigenvalue weighted by Gasteiger charge is 2.12. The molecule has 7 nitrogen and oxygen atoms in total. The quantitative estimate of drug-likeness (QED) is 0.816. The van der Waals surface area contributed by atoms with Gasteiger partial charge >= 0.3 is 5.91 Å². The number of nitrogens with zero attached hydrogens (tertiary/aromatic N) is 2. The second-order valence-corrected chi connectivity index (χ2v) is 4.55. The summed E-state index contributed by atoms with van der Waals surface area (Å²) < 4.78 is 4.93. The molecule has 0 aliphatic carbocycles. The lowest BCUT2D eigenvalue weighted by Gasteiger charge is -2.10. The smallest absolute Gasteiger partial charge is 0.311 e. The Morgan fingerprint density at radius 1 is 1.39 bits per heavy atom. The van der Waals surface area contributed by atoms with E-state index in [4.69, 9.17) is 4.42 Å². The molecule has 0 spiro atoms. The molecule has 0 atom stereocenters. The van der Waals surface area contributed by atoms with Crippen molar-refractivity contribution in [1.29, 1.82) is 0 Å². The van der Waals surface area contributed by atoms with Crippen LogP contribution in [0.5, 0.6) is 0 Å². The van der Waals surface area contributed by atoms with Crippen LogP contribution in [0.3, 0.4) is 0 Å². The highest BCUT2D eigenvalue weighted by Crippen LogP contribution is 2.17. The summed E-state index contributed by atoms with van der Waals surface area (Å²) in [6.45, 7) is -0.105. The van der Waals surface area contributed by atoms with E-state index in [0.717, 1.165) is 0 Å². The lowest BCUT2D eigenvalue weighted by atomic mass is 10.1. The van der Waals surface area contributed by atoms with Gasteiger partial charge in [0.1, 0.15) is 6.26 Å². The van der Waals surface area contributed by atoms with E-state index in [1.807, 2.05) is 0 Å². The van der Waals surface area contributed by atoms with Crippen molar-refractivity contribution in [2.24, 2.45) is 0 Å². The number of amides is 2. The van der Waals surface area contributed by atoms with Crippen LogP contribution >= 0.6 is 0 Å². The van der Waals surface area contributed by atoms with Crippen molar-refractivity contribution in [2.45, 2.75) is 0 Å². The molecule has 2 aromatic rings. The summed E-state index contributed by atoms with van der Waals surface area (Å²) in [7, 11) is 1.49. The Bertz CT molecular complexity index is 723. The summed E-state index contributed by atoms with van der Waals surface area (Å²) in [6, 6.07) is 6.94. The Hall–Kier alpha value is -3.22. The van der Waals surface area contributed by atoms with E-state index in [0.29, 0.717) is 11.3 Å². The number of para-hydroxylation sites is 1. The molecule has 117 valence electrons. The Labute approximate surface area is 132 Å². The minimum absolute atomic E-state index is 0.0545. The van der Waals surface area contributed by atoms with Crippen LogP contribution in [0.4, 0.5) is 5.69 Å².